The number of nitrogens with one attached hydrogen (secondary N) is 2. The Labute approximate surface area is 156 Å². The molecule has 2 N–H and O–H groups in total. The maximum atomic E-state index is 3.47. The van der Waals surface area contributed by atoms with Crippen LogP contribution in [0.4, 0.5) is 5.69 Å². The summed E-state index contributed by atoms with van der Waals surface area (Å²) < 4.78 is 2.29. The van der Waals surface area contributed by atoms with Gasteiger partial charge in [0.25, 0.3) is 0 Å². The Hall–Kier alpha value is -2.70. The minimum absolute atomic E-state index is 0.640. The molecule has 0 aliphatic rings. The van der Waals surface area contributed by atoms with Crippen LogP contribution in [0.5, 0.6) is 0 Å². The second-order valence-corrected chi connectivity index (χ2v) is 6.37. The average Bonchev–Trinajstić information content (AvgIpc) is 3.03. The first-order valence-corrected chi connectivity index (χ1v) is 9.42. The predicted octanol–water partition coefficient (Wildman–Crippen LogP) is 4.62. The van der Waals surface area contributed by atoms with Crippen LogP contribution in [0.2, 0.25) is 0 Å². The van der Waals surface area contributed by atoms with Crippen molar-refractivity contribution in [3.8, 4) is 11.8 Å². The van der Waals surface area contributed by atoms with Crippen molar-refractivity contribution in [2.24, 2.45) is 0 Å². The van der Waals surface area contributed by atoms with Crippen LogP contribution in [0.1, 0.15) is 31.5 Å². The molecule has 26 heavy (non-hydrogen) atoms. The SMILES string of the molecule is CCCNCc1ccc2c(c1)cc(C#CCNc1ccccc1)n2CC. The zero-order valence-corrected chi connectivity index (χ0v) is 15.7. The van der Waals surface area contributed by atoms with Gasteiger partial charge in [0, 0.05) is 29.7 Å². The van der Waals surface area contributed by atoms with Crippen LogP contribution < -0.4 is 10.6 Å². The van der Waals surface area contributed by atoms with Gasteiger partial charge in [-0.3, -0.25) is 0 Å². The van der Waals surface area contributed by atoms with Gasteiger partial charge < -0.3 is 15.2 Å². The van der Waals surface area contributed by atoms with Crippen molar-refractivity contribution in [2.45, 2.75) is 33.4 Å². The molecule has 3 rings (SSSR count). The van der Waals surface area contributed by atoms with E-state index in [0.29, 0.717) is 6.54 Å². The Balaban J connectivity index is 1.74. The number of hydrogen-bond donors (Lipinski definition) is 2. The molecule has 0 amide bonds. The molecule has 1 aromatic heterocycles. The molecule has 3 nitrogen and oxygen atoms in total. The maximum absolute atomic E-state index is 3.47. The van der Waals surface area contributed by atoms with Gasteiger partial charge in [-0.2, -0.15) is 0 Å². The second kappa shape index (κ2) is 9.12. The molecule has 0 saturated carbocycles. The van der Waals surface area contributed by atoms with Gasteiger partial charge in [-0.25, -0.2) is 0 Å². The summed E-state index contributed by atoms with van der Waals surface area (Å²) in [5, 5.41) is 8.07. The van der Waals surface area contributed by atoms with Crippen molar-refractivity contribution in [3.05, 3.63) is 65.9 Å². The lowest BCUT2D eigenvalue weighted by atomic mass is 10.1. The van der Waals surface area contributed by atoms with Gasteiger partial charge in [0.05, 0.1) is 12.2 Å². The van der Waals surface area contributed by atoms with E-state index in [0.717, 1.165) is 37.4 Å². The largest absolute Gasteiger partial charge is 0.374 e. The van der Waals surface area contributed by atoms with E-state index in [9.17, 15) is 0 Å². The Morgan fingerprint density at radius 2 is 1.85 bits per heavy atom. The van der Waals surface area contributed by atoms with Gasteiger partial charge >= 0.3 is 0 Å². The van der Waals surface area contributed by atoms with Gasteiger partial charge in [-0.1, -0.05) is 37.1 Å². The Kier molecular flexibility index (Phi) is 6.35. The van der Waals surface area contributed by atoms with Crippen molar-refractivity contribution >= 4 is 16.6 Å². The van der Waals surface area contributed by atoms with E-state index in [4.69, 9.17) is 0 Å². The molecule has 0 radical (unpaired) electrons. The number of nitrogens with zero attached hydrogens (tertiary/aromatic N) is 1. The average molecular weight is 345 g/mol. The van der Waals surface area contributed by atoms with Crippen LogP contribution in [-0.2, 0) is 13.1 Å². The highest BCUT2D eigenvalue weighted by molar-refractivity contribution is 5.83. The van der Waals surface area contributed by atoms with E-state index in [-0.39, 0.29) is 0 Å². The number of aryl methyl sites for hydroxylation is 1. The Morgan fingerprint density at radius 1 is 1.00 bits per heavy atom. The molecule has 134 valence electrons. The fraction of sp³-hybridized carbons (Fsp3) is 0.304. The highest BCUT2D eigenvalue weighted by Crippen LogP contribution is 2.21. The zero-order chi connectivity index (χ0) is 18.2. The molecular formula is C23H27N3. The number of hydrogen-bond acceptors (Lipinski definition) is 2. The van der Waals surface area contributed by atoms with Gasteiger partial charge in [0.15, 0.2) is 0 Å². The van der Waals surface area contributed by atoms with Crippen LogP contribution in [-0.4, -0.2) is 17.7 Å². The normalized spacial score (nSPS) is 10.5. The van der Waals surface area contributed by atoms with E-state index in [1.165, 1.54) is 16.5 Å². The molecule has 2 aromatic carbocycles. The van der Waals surface area contributed by atoms with E-state index in [1.807, 2.05) is 18.2 Å². The number of anilines is 1. The number of benzene rings is 2. The quantitative estimate of drug-likeness (QED) is 0.483. The van der Waals surface area contributed by atoms with Crippen molar-refractivity contribution < 1.29 is 0 Å². The summed E-state index contributed by atoms with van der Waals surface area (Å²) in [5.74, 6) is 6.58. The first kappa shape index (κ1) is 18.1. The lowest BCUT2D eigenvalue weighted by molar-refractivity contribution is 0.676. The third kappa shape index (κ3) is 4.47. The number of fused-ring (bicyclic) bond motifs is 1. The van der Waals surface area contributed by atoms with Gasteiger partial charge in [0.2, 0.25) is 0 Å². The molecule has 0 fully saturated rings. The first-order valence-electron chi connectivity index (χ1n) is 9.42. The van der Waals surface area contributed by atoms with Crippen molar-refractivity contribution in [3.63, 3.8) is 0 Å². The van der Waals surface area contributed by atoms with Crippen molar-refractivity contribution in [1.82, 2.24) is 9.88 Å². The van der Waals surface area contributed by atoms with Crippen LogP contribution in [0.25, 0.3) is 10.9 Å². The third-order valence-corrected chi connectivity index (χ3v) is 4.41. The lowest BCUT2D eigenvalue weighted by Crippen LogP contribution is -2.13. The maximum Gasteiger partial charge on any atom is 0.0931 e. The van der Waals surface area contributed by atoms with E-state index < -0.39 is 0 Å². The first-order chi connectivity index (χ1) is 12.8. The highest BCUT2D eigenvalue weighted by atomic mass is 15.0. The molecule has 0 saturated heterocycles. The fourth-order valence-corrected chi connectivity index (χ4v) is 3.12. The second-order valence-electron chi connectivity index (χ2n) is 6.37. The van der Waals surface area contributed by atoms with E-state index in [1.54, 1.807) is 0 Å². The van der Waals surface area contributed by atoms with Gasteiger partial charge in [0.1, 0.15) is 0 Å². The summed E-state index contributed by atoms with van der Waals surface area (Å²) in [6.07, 6.45) is 1.16. The molecule has 3 aromatic rings. The predicted molar refractivity (Wildman–Crippen MR) is 111 cm³/mol. The van der Waals surface area contributed by atoms with Crippen molar-refractivity contribution in [2.75, 3.05) is 18.4 Å². The fourth-order valence-electron chi connectivity index (χ4n) is 3.12. The number of para-hydroxylation sites is 1. The summed E-state index contributed by atoms with van der Waals surface area (Å²) in [7, 11) is 0. The Bertz CT molecular complexity index is 898. The summed E-state index contributed by atoms with van der Waals surface area (Å²) in [6, 6.07) is 19.1. The third-order valence-electron chi connectivity index (χ3n) is 4.41. The number of aromatic nitrogens is 1. The van der Waals surface area contributed by atoms with E-state index >= 15 is 0 Å². The minimum atomic E-state index is 0.640. The molecular weight excluding hydrogens is 318 g/mol. The summed E-state index contributed by atoms with van der Waals surface area (Å²) in [5.41, 5.74) is 4.76. The van der Waals surface area contributed by atoms with Crippen LogP contribution in [0.15, 0.2) is 54.6 Å². The standard InChI is InChI=1S/C23H27N3/c1-3-14-24-18-19-12-13-23-20(16-19)17-22(26(23)4-2)11-8-15-25-21-9-6-5-7-10-21/h5-7,9-10,12-13,16-17,24-25H,3-4,14-15,18H2,1-2H3. The highest BCUT2D eigenvalue weighted by Gasteiger charge is 2.06. The van der Waals surface area contributed by atoms with Crippen molar-refractivity contribution in [1.29, 1.82) is 0 Å². The van der Waals surface area contributed by atoms with Crippen LogP contribution in [0, 0.1) is 11.8 Å². The molecule has 3 heteroatoms. The van der Waals surface area contributed by atoms with Gasteiger partial charge in [-0.05, 0) is 61.7 Å². The molecule has 1 heterocycles. The van der Waals surface area contributed by atoms with E-state index in [2.05, 4.69) is 77.3 Å². The molecule has 0 aliphatic heterocycles. The number of rotatable bonds is 7. The van der Waals surface area contributed by atoms with Crippen LogP contribution in [0.3, 0.4) is 0 Å². The smallest absolute Gasteiger partial charge is 0.0931 e. The molecule has 0 atom stereocenters. The summed E-state index contributed by atoms with van der Waals surface area (Å²) in [6.45, 7) is 7.90. The monoisotopic (exact) mass is 345 g/mol. The molecule has 0 bridgehead atoms. The Morgan fingerprint density at radius 3 is 2.62 bits per heavy atom. The summed E-state index contributed by atoms with van der Waals surface area (Å²) in [4.78, 5) is 0. The summed E-state index contributed by atoms with van der Waals surface area (Å²) >= 11 is 0. The molecule has 0 unspecified atom stereocenters. The zero-order valence-electron chi connectivity index (χ0n) is 15.7. The topological polar surface area (TPSA) is 29.0 Å². The lowest BCUT2D eigenvalue weighted by Gasteiger charge is -2.06. The molecule has 0 spiro atoms. The molecule has 0 aliphatic carbocycles. The van der Waals surface area contributed by atoms with Crippen LogP contribution >= 0.6 is 0 Å². The minimum Gasteiger partial charge on any atom is -0.374 e. The van der Waals surface area contributed by atoms with Gasteiger partial charge in [-0.15, -0.1) is 0 Å².